The van der Waals surface area contributed by atoms with Crippen LogP contribution in [-0.2, 0) is 6.18 Å². The summed E-state index contributed by atoms with van der Waals surface area (Å²) >= 11 is 0. The molecule has 0 fully saturated rings. The minimum atomic E-state index is -4.80. The van der Waals surface area contributed by atoms with Crippen LogP contribution in [0.2, 0.25) is 0 Å². The topological polar surface area (TPSA) is 96.0 Å². The van der Waals surface area contributed by atoms with E-state index >= 15 is 0 Å². The highest BCUT2D eigenvalue weighted by molar-refractivity contribution is 6.00. The minimum Gasteiger partial charge on any atom is -0.618 e. The summed E-state index contributed by atoms with van der Waals surface area (Å²) in [5.41, 5.74) is -0.279. The molecule has 4 aromatic rings. The smallest absolute Gasteiger partial charge is 0.478 e. The van der Waals surface area contributed by atoms with Crippen LogP contribution in [0.25, 0.3) is 17.1 Å². The monoisotopic (exact) mass is 501 g/mol. The van der Waals surface area contributed by atoms with Gasteiger partial charge in [-0.15, -0.1) is 0 Å². The van der Waals surface area contributed by atoms with Gasteiger partial charge in [0.1, 0.15) is 17.3 Å². The summed E-state index contributed by atoms with van der Waals surface area (Å²) in [6.07, 6.45) is -1.63. The fourth-order valence-corrected chi connectivity index (χ4v) is 3.47. The standard InChI is InChI=1S/C24H19F4N5O3/c1-14(16-6-8-20(24(26,27)28)33(35)12-16)30-23(34)19-13-32(21-9-7-17(25)11-29-21)31-22(19)15-4-3-5-18(10-15)36-2/h3-14H,1-2H3,(H,30,34)/t14-/m1/s1. The number of halogens is 4. The highest BCUT2D eigenvalue weighted by atomic mass is 19.4. The van der Waals surface area contributed by atoms with Gasteiger partial charge in [-0.3, -0.25) is 4.79 Å². The zero-order valence-electron chi connectivity index (χ0n) is 19.0. The first kappa shape index (κ1) is 24.6. The van der Waals surface area contributed by atoms with Crippen LogP contribution in [0.3, 0.4) is 0 Å². The van der Waals surface area contributed by atoms with E-state index in [1.54, 1.807) is 24.3 Å². The molecule has 0 aliphatic carbocycles. The van der Waals surface area contributed by atoms with Crippen molar-refractivity contribution in [3.8, 4) is 22.8 Å². The van der Waals surface area contributed by atoms with Crippen molar-refractivity contribution in [1.82, 2.24) is 20.1 Å². The van der Waals surface area contributed by atoms with E-state index in [4.69, 9.17) is 4.74 Å². The Morgan fingerprint density at radius 2 is 1.97 bits per heavy atom. The molecular weight excluding hydrogens is 482 g/mol. The number of methoxy groups -OCH3 is 1. The van der Waals surface area contributed by atoms with Gasteiger partial charge in [0.05, 0.1) is 24.9 Å². The second-order valence-corrected chi connectivity index (χ2v) is 7.77. The highest BCUT2D eigenvalue weighted by Gasteiger charge is 2.39. The summed E-state index contributed by atoms with van der Waals surface area (Å²) in [6, 6.07) is 10.4. The van der Waals surface area contributed by atoms with Gasteiger partial charge in [0.2, 0.25) is 0 Å². The number of nitrogens with zero attached hydrogens (tertiary/aromatic N) is 4. The number of pyridine rings is 2. The van der Waals surface area contributed by atoms with E-state index in [2.05, 4.69) is 15.4 Å². The Kier molecular flexibility index (Phi) is 6.60. The lowest BCUT2D eigenvalue weighted by molar-refractivity contribution is -0.629. The number of ether oxygens (including phenoxy) is 1. The Labute approximate surface area is 202 Å². The molecule has 8 nitrogen and oxygen atoms in total. The predicted molar refractivity (Wildman–Crippen MR) is 120 cm³/mol. The fraction of sp³-hybridized carbons (Fsp3) is 0.167. The Morgan fingerprint density at radius 3 is 2.61 bits per heavy atom. The summed E-state index contributed by atoms with van der Waals surface area (Å²) in [7, 11) is 1.49. The zero-order chi connectivity index (χ0) is 26.0. The van der Waals surface area contributed by atoms with E-state index in [0.717, 1.165) is 18.5 Å². The third-order valence-corrected chi connectivity index (χ3v) is 5.32. The van der Waals surface area contributed by atoms with Gasteiger partial charge in [0.15, 0.2) is 12.0 Å². The first-order valence-corrected chi connectivity index (χ1v) is 10.5. The van der Waals surface area contributed by atoms with Crippen LogP contribution in [0, 0.1) is 11.0 Å². The van der Waals surface area contributed by atoms with Crippen LogP contribution >= 0.6 is 0 Å². The number of carbonyl (C=O) groups is 1. The molecule has 0 aliphatic heterocycles. The molecule has 0 spiro atoms. The predicted octanol–water partition coefficient (Wildman–Crippen LogP) is 4.23. The van der Waals surface area contributed by atoms with Crippen molar-refractivity contribution in [1.29, 1.82) is 0 Å². The van der Waals surface area contributed by atoms with Gasteiger partial charge in [0, 0.05) is 23.4 Å². The maximum Gasteiger partial charge on any atom is 0.478 e. The number of rotatable bonds is 6. The number of amides is 1. The molecule has 0 bridgehead atoms. The molecule has 1 aromatic carbocycles. The lowest BCUT2D eigenvalue weighted by Crippen LogP contribution is -2.38. The van der Waals surface area contributed by atoms with Gasteiger partial charge in [-0.2, -0.15) is 23.0 Å². The van der Waals surface area contributed by atoms with E-state index in [9.17, 15) is 27.6 Å². The average molecular weight is 501 g/mol. The molecule has 3 heterocycles. The summed E-state index contributed by atoms with van der Waals surface area (Å²) in [5, 5.41) is 19.0. The summed E-state index contributed by atoms with van der Waals surface area (Å²) < 4.78 is 58.3. The van der Waals surface area contributed by atoms with E-state index in [-0.39, 0.29) is 27.4 Å². The van der Waals surface area contributed by atoms with Crippen molar-refractivity contribution in [2.24, 2.45) is 0 Å². The normalized spacial score (nSPS) is 12.3. The molecule has 0 saturated heterocycles. The SMILES string of the molecule is COc1cccc(-c2nn(-c3ccc(F)cn3)cc2C(=O)N[C@H](C)c2ccc(C(F)(F)F)[n+]([O-])c2)c1. The average Bonchev–Trinajstić information content (AvgIpc) is 3.29. The van der Waals surface area contributed by atoms with Crippen LogP contribution in [-0.4, -0.2) is 27.8 Å². The number of carbonyl (C=O) groups excluding carboxylic acids is 1. The first-order valence-electron chi connectivity index (χ1n) is 10.5. The van der Waals surface area contributed by atoms with Crippen molar-refractivity contribution < 1.29 is 31.8 Å². The lowest BCUT2D eigenvalue weighted by Gasteiger charge is -2.15. The number of benzene rings is 1. The summed E-state index contributed by atoms with van der Waals surface area (Å²) in [5.74, 6) is -0.377. The van der Waals surface area contributed by atoms with Crippen LogP contribution in [0.1, 0.15) is 34.6 Å². The zero-order valence-corrected chi connectivity index (χ0v) is 19.0. The maximum absolute atomic E-state index is 13.3. The molecule has 0 unspecified atom stereocenters. The largest absolute Gasteiger partial charge is 0.618 e. The van der Waals surface area contributed by atoms with E-state index in [1.807, 2.05) is 0 Å². The Bertz CT molecular complexity index is 1400. The van der Waals surface area contributed by atoms with Crippen molar-refractivity contribution >= 4 is 5.91 Å². The number of alkyl halides is 3. The molecule has 3 aromatic heterocycles. The van der Waals surface area contributed by atoms with Crippen LogP contribution in [0.15, 0.2) is 67.1 Å². The quantitative estimate of drug-likeness (QED) is 0.242. The van der Waals surface area contributed by atoms with Crippen molar-refractivity contribution in [2.45, 2.75) is 19.1 Å². The van der Waals surface area contributed by atoms with Gasteiger partial charge in [-0.1, -0.05) is 12.1 Å². The second kappa shape index (κ2) is 9.64. The molecule has 1 N–H and O–H groups in total. The fourth-order valence-electron chi connectivity index (χ4n) is 3.47. The summed E-state index contributed by atoms with van der Waals surface area (Å²) in [6.45, 7) is 1.53. The van der Waals surface area contributed by atoms with Gasteiger partial charge in [-0.25, -0.2) is 14.1 Å². The summed E-state index contributed by atoms with van der Waals surface area (Å²) in [4.78, 5) is 17.2. The van der Waals surface area contributed by atoms with Crippen molar-refractivity contribution in [3.05, 3.63) is 95.0 Å². The molecule has 1 amide bonds. The molecule has 0 aliphatic rings. The number of nitrogens with one attached hydrogen (secondary N) is 1. The van der Waals surface area contributed by atoms with Gasteiger partial charge in [0.25, 0.3) is 11.6 Å². The molecule has 12 heteroatoms. The molecule has 186 valence electrons. The number of aromatic nitrogens is 4. The van der Waals surface area contributed by atoms with Gasteiger partial charge < -0.3 is 15.3 Å². The highest BCUT2D eigenvalue weighted by Crippen LogP contribution is 2.29. The molecule has 36 heavy (non-hydrogen) atoms. The first-order chi connectivity index (χ1) is 17.1. The van der Waals surface area contributed by atoms with E-state index in [0.29, 0.717) is 17.4 Å². The van der Waals surface area contributed by atoms with Crippen molar-refractivity contribution in [3.63, 3.8) is 0 Å². The third kappa shape index (κ3) is 5.11. The number of hydrogen-bond donors (Lipinski definition) is 1. The van der Waals surface area contributed by atoms with Crippen LogP contribution < -0.4 is 14.8 Å². The van der Waals surface area contributed by atoms with Gasteiger partial charge >= 0.3 is 6.18 Å². The maximum atomic E-state index is 13.3. The Balaban J connectivity index is 1.69. The van der Waals surface area contributed by atoms with Crippen LogP contribution in [0.5, 0.6) is 5.75 Å². The lowest BCUT2D eigenvalue weighted by atomic mass is 10.1. The van der Waals surface area contributed by atoms with Crippen molar-refractivity contribution in [2.75, 3.05) is 7.11 Å². The molecule has 0 radical (unpaired) electrons. The van der Waals surface area contributed by atoms with Crippen LogP contribution in [0.4, 0.5) is 17.6 Å². The third-order valence-electron chi connectivity index (χ3n) is 5.32. The number of hydrogen-bond acceptors (Lipinski definition) is 5. The molecule has 1 atom stereocenters. The molecular formula is C24H19F4N5O3. The molecule has 0 saturated carbocycles. The minimum absolute atomic E-state index is 0.114. The van der Waals surface area contributed by atoms with E-state index < -0.39 is 29.6 Å². The van der Waals surface area contributed by atoms with Gasteiger partial charge in [-0.05, 0) is 37.3 Å². The second-order valence-electron chi connectivity index (χ2n) is 7.77. The Morgan fingerprint density at radius 1 is 1.19 bits per heavy atom. The molecule has 4 rings (SSSR count). The Hall–Kier alpha value is -4.48. The van der Waals surface area contributed by atoms with E-state index in [1.165, 1.54) is 37.0 Å².